The standard InChI is InChI=1S/C22H18Cl3NO4/c1-29-20-9-13(11-26-15-6-7-16(22(27)28)18(24)10-15)8-19(25)21(20)30-12-14-4-2-3-5-17(14)23/h2-10,26H,11-12H2,1H3,(H,27,28). The van der Waals surface area contributed by atoms with E-state index in [-0.39, 0.29) is 17.2 Å². The van der Waals surface area contributed by atoms with E-state index < -0.39 is 5.97 Å². The number of nitrogens with one attached hydrogen (secondary N) is 1. The number of carboxylic acids is 1. The van der Waals surface area contributed by atoms with Gasteiger partial charge in [0.1, 0.15) is 6.61 Å². The van der Waals surface area contributed by atoms with E-state index in [1.165, 1.54) is 13.2 Å². The van der Waals surface area contributed by atoms with Crippen LogP contribution in [0, 0.1) is 0 Å². The SMILES string of the molecule is COc1cc(CNc2ccc(C(=O)O)c(Cl)c2)cc(Cl)c1OCc1ccccc1Cl. The van der Waals surface area contributed by atoms with Gasteiger partial charge in [0.25, 0.3) is 0 Å². The Kier molecular flexibility index (Phi) is 7.32. The van der Waals surface area contributed by atoms with Crippen LogP contribution in [0.1, 0.15) is 21.5 Å². The highest BCUT2D eigenvalue weighted by atomic mass is 35.5. The van der Waals surface area contributed by atoms with E-state index in [0.717, 1.165) is 11.1 Å². The highest BCUT2D eigenvalue weighted by molar-refractivity contribution is 6.34. The molecule has 0 unspecified atom stereocenters. The van der Waals surface area contributed by atoms with Crippen molar-refractivity contribution in [2.45, 2.75) is 13.2 Å². The number of aromatic carboxylic acids is 1. The summed E-state index contributed by atoms with van der Waals surface area (Å²) in [5.74, 6) is -0.155. The summed E-state index contributed by atoms with van der Waals surface area (Å²) in [7, 11) is 1.54. The van der Waals surface area contributed by atoms with Crippen LogP contribution in [0.5, 0.6) is 11.5 Å². The molecular formula is C22H18Cl3NO4. The van der Waals surface area contributed by atoms with Gasteiger partial charge in [-0.15, -0.1) is 0 Å². The largest absolute Gasteiger partial charge is 0.493 e. The van der Waals surface area contributed by atoms with Gasteiger partial charge >= 0.3 is 5.97 Å². The zero-order chi connectivity index (χ0) is 21.7. The number of methoxy groups -OCH3 is 1. The number of benzene rings is 3. The molecule has 0 saturated carbocycles. The zero-order valence-electron chi connectivity index (χ0n) is 15.9. The first-order valence-electron chi connectivity index (χ1n) is 8.88. The van der Waals surface area contributed by atoms with Crippen LogP contribution in [0.3, 0.4) is 0 Å². The smallest absolute Gasteiger partial charge is 0.337 e. The van der Waals surface area contributed by atoms with Crippen molar-refractivity contribution in [3.8, 4) is 11.5 Å². The molecule has 5 nitrogen and oxygen atoms in total. The molecule has 0 atom stereocenters. The van der Waals surface area contributed by atoms with Gasteiger partial charge in [0, 0.05) is 22.8 Å². The van der Waals surface area contributed by atoms with E-state index in [2.05, 4.69) is 5.32 Å². The molecule has 0 saturated heterocycles. The maximum atomic E-state index is 11.1. The molecule has 156 valence electrons. The van der Waals surface area contributed by atoms with Gasteiger partial charge in [-0.2, -0.15) is 0 Å². The number of rotatable bonds is 8. The fourth-order valence-electron chi connectivity index (χ4n) is 2.78. The Morgan fingerprint density at radius 2 is 1.77 bits per heavy atom. The lowest BCUT2D eigenvalue weighted by molar-refractivity contribution is 0.0697. The lowest BCUT2D eigenvalue weighted by Crippen LogP contribution is -2.04. The first kappa shape index (κ1) is 22.1. The van der Waals surface area contributed by atoms with Crippen molar-refractivity contribution in [2.24, 2.45) is 0 Å². The second-order valence-electron chi connectivity index (χ2n) is 6.34. The van der Waals surface area contributed by atoms with Gasteiger partial charge in [-0.1, -0.05) is 53.0 Å². The van der Waals surface area contributed by atoms with Gasteiger partial charge in [-0.05, 0) is 42.0 Å². The van der Waals surface area contributed by atoms with E-state index in [1.54, 1.807) is 24.3 Å². The molecule has 0 fully saturated rings. The monoisotopic (exact) mass is 465 g/mol. The molecule has 2 N–H and O–H groups in total. The fraction of sp³-hybridized carbons (Fsp3) is 0.136. The summed E-state index contributed by atoms with van der Waals surface area (Å²) < 4.78 is 11.3. The Bertz CT molecular complexity index is 1070. The van der Waals surface area contributed by atoms with Gasteiger partial charge in [0.05, 0.1) is 22.7 Å². The first-order valence-corrected chi connectivity index (χ1v) is 10.0. The number of halogens is 3. The van der Waals surface area contributed by atoms with E-state index in [4.69, 9.17) is 49.4 Å². The second-order valence-corrected chi connectivity index (χ2v) is 7.56. The van der Waals surface area contributed by atoms with Gasteiger partial charge in [0.15, 0.2) is 11.5 Å². The second kappa shape index (κ2) is 9.94. The van der Waals surface area contributed by atoms with Crippen molar-refractivity contribution < 1.29 is 19.4 Å². The summed E-state index contributed by atoms with van der Waals surface area (Å²) in [6, 6.07) is 15.6. The van der Waals surface area contributed by atoms with Crippen molar-refractivity contribution in [3.63, 3.8) is 0 Å². The van der Waals surface area contributed by atoms with E-state index in [9.17, 15) is 4.79 Å². The average molecular weight is 467 g/mol. The van der Waals surface area contributed by atoms with E-state index in [1.807, 2.05) is 24.3 Å². The lowest BCUT2D eigenvalue weighted by atomic mass is 10.1. The van der Waals surface area contributed by atoms with Crippen LogP contribution in [0.15, 0.2) is 54.6 Å². The molecule has 3 rings (SSSR count). The predicted octanol–water partition coefficient (Wildman–Crippen LogP) is 6.54. The Hall–Kier alpha value is -2.60. The van der Waals surface area contributed by atoms with Crippen LogP contribution < -0.4 is 14.8 Å². The van der Waals surface area contributed by atoms with Crippen LogP contribution in [0.4, 0.5) is 5.69 Å². The van der Waals surface area contributed by atoms with Crippen molar-refractivity contribution >= 4 is 46.5 Å². The summed E-state index contributed by atoms with van der Waals surface area (Å²) in [6.07, 6.45) is 0. The Morgan fingerprint density at radius 3 is 2.43 bits per heavy atom. The third kappa shape index (κ3) is 5.30. The third-order valence-electron chi connectivity index (χ3n) is 4.32. The van der Waals surface area contributed by atoms with Crippen molar-refractivity contribution in [1.29, 1.82) is 0 Å². The van der Waals surface area contributed by atoms with Gasteiger partial charge in [-0.3, -0.25) is 0 Å². The molecule has 0 heterocycles. The molecule has 30 heavy (non-hydrogen) atoms. The van der Waals surface area contributed by atoms with Crippen LogP contribution in [-0.4, -0.2) is 18.2 Å². The first-order chi connectivity index (χ1) is 14.4. The number of carbonyl (C=O) groups is 1. The molecule has 0 spiro atoms. The van der Waals surface area contributed by atoms with Crippen molar-refractivity contribution in [3.05, 3.63) is 86.4 Å². The fourth-order valence-corrected chi connectivity index (χ4v) is 3.52. The van der Waals surface area contributed by atoms with Gasteiger partial charge in [0.2, 0.25) is 0 Å². The Balaban J connectivity index is 1.73. The van der Waals surface area contributed by atoms with Crippen molar-refractivity contribution in [2.75, 3.05) is 12.4 Å². The summed E-state index contributed by atoms with van der Waals surface area (Å²) >= 11 is 18.6. The van der Waals surface area contributed by atoms with Gasteiger partial charge < -0.3 is 19.9 Å². The van der Waals surface area contributed by atoms with Crippen LogP contribution in [0.25, 0.3) is 0 Å². The number of carboxylic acid groups (broad SMARTS) is 1. The summed E-state index contributed by atoms with van der Waals surface area (Å²) in [5, 5.41) is 13.4. The molecule has 0 bridgehead atoms. The quantitative estimate of drug-likeness (QED) is 0.394. The number of ether oxygens (including phenoxy) is 2. The Morgan fingerprint density at radius 1 is 1.00 bits per heavy atom. The van der Waals surface area contributed by atoms with Crippen LogP contribution in [0.2, 0.25) is 15.1 Å². The zero-order valence-corrected chi connectivity index (χ0v) is 18.2. The number of hydrogen-bond donors (Lipinski definition) is 2. The molecule has 0 aliphatic carbocycles. The molecule has 3 aromatic rings. The molecular weight excluding hydrogens is 449 g/mol. The molecule has 8 heteroatoms. The summed E-state index contributed by atoms with van der Waals surface area (Å²) in [6.45, 7) is 0.672. The maximum absolute atomic E-state index is 11.1. The average Bonchev–Trinajstić information content (AvgIpc) is 2.72. The molecule has 0 amide bonds. The minimum atomic E-state index is -1.07. The van der Waals surface area contributed by atoms with Gasteiger partial charge in [-0.25, -0.2) is 4.79 Å². The highest BCUT2D eigenvalue weighted by Gasteiger charge is 2.14. The molecule has 0 aliphatic rings. The van der Waals surface area contributed by atoms with E-state index in [0.29, 0.717) is 33.8 Å². The summed E-state index contributed by atoms with van der Waals surface area (Å²) in [4.78, 5) is 11.1. The normalized spacial score (nSPS) is 10.5. The maximum Gasteiger partial charge on any atom is 0.337 e. The third-order valence-corrected chi connectivity index (χ3v) is 5.28. The minimum absolute atomic E-state index is 0.0481. The topological polar surface area (TPSA) is 67.8 Å². The number of hydrogen-bond acceptors (Lipinski definition) is 4. The minimum Gasteiger partial charge on any atom is -0.493 e. The van der Waals surface area contributed by atoms with E-state index >= 15 is 0 Å². The lowest BCUT2D eigenvalue weighted by Gasteiger charge is -2.15. The molecule has 0 aliphatic heterocycles. The predicted molar refractivity (Wildman–Crippen MR) is 120 cm³/mol. The highest BCUT2D eigenvalue weighted by Crippen LogP contribution is 2.37. The van der Waals surface area contributed by atoms with Crippen molar-refractivity contribution in [1.82, 2.24) is 0 Å². The molecule has 0 radical (unpaired) electrons. The van der Waals surface area contributed by atoms with Crippen LogP contribution in [-0.2, 0) is 13.2 Å². The number of anilines is 1. The van der Waals surface area contributed by atoms with Crippen LogP contribution >= 0.6 is 34.8 Å². The summed E-state index contributed by atoms with van der Waals surface area (Å²) in [5.41, 5.74) is 2.41. The Labute approximate surface area is 189 Å². The molecule has 3 aromatic carbocycles. The molecule has 0 aromatic heterocycles.